The van der Waals surface area contributed by atoms with Gasteiger partial charge in [-0.25, -0.2) is 4.79 Å². The molecule has 1 aliphatic carbocycles. The van der Waals surface area contributed by atoms with E-state index in [2.05, 4.69) is 0 Å². The lowest BCUT2D eigenvalue weighted by molar-refractivity contribution is 0.0696. The van der Waals surface area contributed by atoms with Crippen LogP contribution in [0.15, 0.2) is 24.3 Å². The molecule has 92 valence electrons. The monoisotopic (exact) mass is 233 g/mol. The lowest BCUT2D eigenvalue weighted by atomic mass is 9.81. The zero-order valence-corrected chi connectivity index (χ0v) is 9.93. The standard InChI is InChI=1S/C14H19NO2/c15-13(10-5-2-1-3-6-10)11-7-4-8-12(9-11)14(16)17/h4,7-10,13H,1-3,5-6,15H2,(H,16,17). The molecule has 3 N–H and O–H groups in total. The second-order valence-corrected chi connectivity index (χ2v) is 4.85. The molecule has 2 rings (SSSR count). The van der Waals surface area contributed by atoms with Crippen molar-refractivity contribution >= 4 is 5.97 Å². The molecule has 1 aromatic rings. The van der Waals surface area contributed by atoms with Crippen molar-refractivity contribution < 1.29 is 9.90 Å². The third-order valence-corrected chi connectivity index (χ3v) is 3.68. The summed E-state index contributed by atoms with van der Waals surface area (Å²) >= 11 is 0. The third kappa shape index (κ3) is 2.86. The van der Waals surface area contributed by atoms with E-state index in [1.165, 1.54) is 32.1 Å². The van der Waals surface area contributed by atoms with Crippen molar-refractivity contribution in [3.63, 3.8) is 0 Å². The Bertz CT molecular complexity index is 397. The van der Waals surface area contributed by atoms with Crippen LogP contribution in [-0.2, 0) is 0 Å². The summed E-state index contributed by atoms with van der Waals surface area (Å²) < 4.78 is 0. The molecule has 0 spiro atoms. The fourth-order valence-electron chi connectivity index (χ4n) is 2.64. The molecule has 1 atom stereocenters. The predicted molar refractivity (Wildman–Crippen MR) is 66.9 cm³/mol. The summed E-state index contributed by atoms with van der Waals surface area (Å²) in [4.78, 5) is 10.9. The van der Waals surface area contributed by atoms with Gasteiger partial charge in [-0.2, -0.15) is 0 Å². The van der Waals surface area contributed by atoms with Crippen molar-refractivity contribution in [2.45, 2.75) is 38.1 Å². The first-order valence-corrected chi connectivity index (χ1v) is 6.27. The maximum absolute atomic E-state index is 10.9. The van der Waals surface area contributed by atoms with Gasteiger partial charge in [-0.1, -0.05) is 31.4 Å². The van der Waals surface area contributed by atoms with Crippen LogP contribution in [-0.4, -0.2) is 11.1 Å². The number of carboxylic acids is 1. The quantitative estimate of drug-likeness (QED) is 0.843. The van der Waals surface area contributed by atoms with Crippen LogP contribution in [0.25, 0.3) is 0 Å². The summed E-state index contributed by atoms with van der Waals surface area (Å²) in [5.41, 5.74) is 7.53. The Balaban J connectivity index is 2.14. The molecule has 0 radical (unpaired) electrons. The molecule has 1 aliphatic rings. The van der Waals surface area contributed by atoms with Gasteiger partial charge in [0.25, 0.3) is 0 Å². The van der Waals surface area contributed by atoms with Crippen LogP contribution in [0.5, 0.6) is 0 Å². The Hall–Kier alpha value is -1.35. The molecule has 3 heteroatoms. The highest BCUT2D eigenvalue weighted by Gasteiger charge is 2.22. The van der Waals surface area contributed by atoms with E-state index < -0.39 is 5.97 Å². The minimum atomic E-state index is -0.886. The van der Waals surface area contributed by atoms with Crippen molar-refractivity contribution in [1.29, 1.82) is 0 Å². The molecule has 1 saturated carbocycles. The van der Waals surface area contributed by atoms with Crippen molar-refractivity contribution in [3.8, 4) is 0 Å². The van der Waals surface area contributed by atoms with Crippen molar-refractivity contribution in [3.05, 3.63) is 35.4 Å². The van der Waals surface area contributed by atoms with E-state index in [4.69, 9.17) is 10.8 Å². The first-order chi connectivity index (χ1) is 8.18. The van der Waals surface area contributed by atoms with Gasteiger partial charge in [-0.05, 0) is 36.5 Å². The van der Waals surface area contributed by atoms with E-state index in [1.54, 1.807) is 18.2 Å². The number of carboxylic acid groups (broad SMARTS) is 1. The molecule has 1 unspecified atom stereocenters. The summed E-state index contributed by atoms with van der Waals surface area (Å²) in [6.45, 7) is 0. The Kier molecular flexibility index (Phi) is 3.79. The van der Waals surface area contributed by atoms with Gasteiger partial charge in [-0.3, -0.25) is 0 Å². The summed E-state index contributed by atoms with van der Waals surface area (Å²) in [6.07, 6.45) is 6.13. The smallest absolute Gasteiger partial charge is 0.335 e. The molecule has 3 nitrogen and oxygen atoms in total. The van der Waals surface area contributed by atoms with Gasteiger partial charge in [-0.15, -0.1) is 0 Å². The Morgan fingerprint density at radius 2 is 2.00 bits per heavy atom. The minimum absolute atomic E-state index is 0.0189. The normalized spacial score (nSPS) is 18.9. The van der Waals surface area contributed by atoms with Crippen molar-refractivity contribution in [2.75, 3.05) is 0 Å². The Morgan fingerprint density at radius 3 is 2.65 bits per heavy atom. The fourth-order valence-corrected chi connectivity index (χ4v) is 2.64. The van der Waals surface area contributed by atoms with Gasteiger partial charge in [0.15, 0.2) is 0 Å². The molecule has 0 aliphatic heterocycles. The minimum Gasteiger partial charge on any atom is -0.478 e. The third-order valence-electron chi connectivity index (χ3n) is 3.68. The number of aromatic carboxylic acids is 1. The molecule has 1 fully saturated rings. The molecule has 0 amide bonds. The Labute approximate surface area is 102 Å². The van der Waals surface area contributed by atoms with E-state index >= 15 is 0 Å². The van der Waals surface area contributed by atoms with Crippen LogP contribution in [0.4, 0.5) is 0 Å². The lowest BCUT2D eigenvalue weighted by Crippen LogP contribution is -2.23. The van der Waals surface area contributed by atoms with E-state index in [9.17, 15) is 4.79 Å². The second kappa shape index (κ2) is 5.32. The number of nitrogens with two attached hydrogens (primary N) is 1. The summed E-state index contributed by atoms with van der Waals surface area (Å²) in [5, 5.41) is 8.96. The number of carbonyl (C=O) groups is 1. The van der Waals surface area contributed by atoms with E-state index in [-0.39, 0.29) is 6.04 Å². The van der Waals surface area contributed by atoms with E-state index in [1.807, 2.05) is 6.07 Å². The van der Waals surface area contributed by atoms with Gasteiger partial charge in [0.1, 0.15) is 0 Å². The van der Waals surface area contributed by atoms with Crippen LogP contribution >= 0.6 is 0 Å². The SMILES string of the molecule is NC(c1cccc(C(=O)O)c1)C1CCCCC1. The molecular weight excluding hydrogens is 214 g/mol. The Morgan fingerprint density at radius 1 is 1.29 bits per heavy atom. The number of hydrogen-bond donors (Lipinski definition) is 2. The van der Waals surface area contributed by atoms with Gasteiger partial charge < -0.3 is 10.8 Å². The van der Waals surface area contributed by atoms with E-state index in [0.717, 1.165) is 5.56 Å². The van der Waals surface area contributed by atoms with Crippen LogP contribution in [0.2, 0.25) is 0 Å². The maximum Gasteiger partial charge on any atom is 0.335 e. The predicted octanol–water partition coefficient (Wildman–Crippen LogP) is 2.96. The van der Waals surface area contributed by atoms with Crippen LogP contribution in [0.3, 0.4) is 0 Å². The lowest BCUT2D eigenvalue weighted by Gasteiger charge is -2.27. The highest BCUT2D eigenvalue weighted by atomic mass is 16.4. The maximum atomic E-state index is 10.9. The number of rotatable bonds is 3. The zero-order valence-electron chi connectivity index (χ0n) is 9.93. The molecule has 0 bridgehead atoms. The summed E-state index contributed by atoms with van der Waals surface area (Å²) in [7, 11) is 0. The zero-order chi connectivity index (χ0) is 12.3. The van der Waals surface area contributed by atoms with E-state index in [0.29, 0.717) is 11.5 Å². The molecule has 17 heavy (non-hydrogen) atoms. The largest absolute Gasteiger partial charge is 0.478 e. The van der Waals surface area contributed by atoms with Crippen LogP contribution in [0, 0.1) is 5.92 Å². The first kappa shape index (κ1) is 12.1. The molecule has 0 saturated heterocycles. The van der Waals surface area contributed by atoms with Gasteiger partial charge in [0.2, 0.25) is 0 Å². The average Bonchev–Trinajstić information content (AvgIpc) is 2.39. The molecule has 0 heterocycles. The van der Waals surface area contributed by atoms with Gasteiger partial charge in [0.05, 0.1) is 5.56 Å². The summed E-state index contributed by atoms with van der Waals surface area (Å²) in [6, 6.07) is 7.02. The van der Waals surface area contributed by atoms with Gasteiger partial charge >= 0.3 is 5.97 Å². The summed E-state index contributed by atoms with van der Waals surface area (Å²) in [5.74, 6) is -0.379. The van der Waals surface area contributed by atoms with Crippen molar-refractivity contribution in [1.82, 2.24) is 0 Å². The molecule has 1 aromatic carbocycles. The highest BCUT2D eigenvalue weighted by Crippen LogP contribution is 2.32. The average molecular weight is 233 g/mol. The fraction of sp³-hybridized carbons (Fsp3) is 0.500. The van der Waals surface area contributed by atoms with Crippen LogP contribution < -0.4 is 5.73 Å². The van der Waals surface area contributed by atoms with Crippen LogP contribution in [0.1, 0.15) is 54.1 Å². The highest BCUT2D eigenvalue weighted by molar-refractivity contribution is 5.87. The molecular formula is C14H19NO2. The van der Waals surface area contributed by atoms with Crippen molar-refractivity contribution in [2.24, 2.45) is 11.7 Å². The topological polar surface area (TPSA) is 63.3 Å². The first-order valence-electron chi connectivity index (χ1n) is 6.27. The second-order valence-electron chi connectivity index (χ2n) is 4.85. The molecule has 0 aromatic heterocycles. The number of hydrogen-bond acceptors (Lipinski definition) is 2. The number of benzene rings is 1. The van der Waals surface area contributed by atoms with Gasteiger partial charge in [0, 0.05) is 6.04 Å².